The van der Waals surface area contributed by atoms with Gasteiger partial charge in [0.25, 0.3) is 0 Å². The largest absolute Gasteiger partial charge is 0.455 e. The minimum absolute atomic E-state index is 0.0250. The number of pyridine rings is 1. The number of imidazole rings is 1. The molecule has 0 N–H and O–H groups in total. The standard InChI is InChI=1S/C34H35N3O/c1-20(2)23-13-10-14-24(21(3)4)30(23)37-32(36-28-18-22(34(5,6)7)19-35-33(28)37)27-16-11-15-26-25-12-8-9-17-29(25)38-31(26)27/h8-21H,1-7H3. The van der Waals surface area contributed by atoms with E-state index in [4.69, 9.17) is 14.4 Å². The fourth-order valence-corrected chi connectivity index (χ4v) is 5.46. The van der Waals surface area contributed by atoms with Gasteiger partial charge in [0, 0.05) is 17.0 Å². The second-order valence-corrected chi connectivity index (χ2v) is 12.0. The van der Waals surface area contributed by atoms with Crippen LogP contribution in [0.3, 0.4) is 0 Å². The molecule has 6 aromatic rings. The third kappa shape index (κ3) is 3.82. The van der Waals surface area contributed by atoms with E-state index < -0.39 is 0 Å². The van der Waals surface area contributed by atoms with Gasteiger partial charge in [0.1, 0.15) is 16.7 Å². The van der Waals surface area contributed by atoms with Gasteiger partial charge in [-0.3, -0.25) is 4.57 Å². The van der Waals surface area contributed by atoms with Gasteiger partial charge in [-0.2, -0.15) is 0 Å². The summed E-state index contributed by atoms with van der Waals surface area (Å²) in [5.41, 5.74) is 9.38. The summed E-state index contributed by atoms with van der Waals surface area (Å²) in [7, 11) is 0. The van der Waals surface area contributed by atoms with E-state index in [1.54, 1.807) is 0 Å². The quantitative estimate of drug-likeness (QED) is 0.241. The van der Waals surface area contributed by atoms with E-state index in [1.165, 1.54) is 22.4 Å². The third-order valence-electron chi connectivity index (χ3n) is 7.57. The molecule has 38 heavy (non-hydrogen) atoms. The number of furan rings is 1. The first-order valence-corrected chi connectivity index (χ1v) is 13.6. The normalized spacial score (nSPS) is 12.6. The molecule has 4 nitrogen and oxygen atoms in total. The van der Waals surface area contributed by atoms with Crippen LogP contribution in [0.5, 0.6) is 0 Å². The molecule has 0 radical (unpaired) electrons. The van der Waals surface area contributed by atoms with Crippen LogP contribution in [0.1, 0.15) is 77.0 Å². The highest BCUT2D eigenvalue weighted by Crippen LogP contribution is 2.41. The molecule has 3 aromatic carbocycles. The number of nitrogens with zero attached hydrogens (tertiary/aromatic N) is 3. The lowest BCUT2D eigenvalue weighted by Gasteiger charge is -2.22. The molecule has 0 aliphatic carbocycles. The lowest BCUT2D eigenvalue weighted by atomic mass is 9.88. The van der Waals surface area contributed by atoms with Crippen molar-refractivity contribution in [1.82, 2.24) is 14.5 Å². The summed E-state index contributed by atoms with van der Waals surface area (Å²) < 4.78 is 8.77. The first-order valence-electron chi connectivity index (χ1n) is 13.6. The van der Waals surface area contributed by atoms with Gasteiger partial charge in [-0.15, -0.1) is 0 Å². The van der Waals surface area contributed by atoms with E-state index in [2.05, 4.69) is 108 Å². The zero-order valence-electron chi connectivity index (χ0n) is 23.3. The van der Waals surface area contributed by atoms with Gasteiger partial charge in [-0.25, -0.2) is 9.97 Å². The molecule has 4 heteroatoms. The number of rotatable bonds is 4. The molecule has 0 aliphatic heterocycles. The summed E-state index contributed by atoms with van der Waals surface area (Å²) in [5.74, 6) is 1.54. The van der Waals surface area contributed by atoms with Gasteiger partial charge in [0.15, 0.2) is 11.5 Å². The average molecular weight is 502 g/mol. The predicted molar refractivity (Wildman–Crippen MR) is 158 cm³/mol. The molecule has 0 saturated carbocycles. The molecule has 0 unspecified atom stereocenters. The van der Waals surface area contributed by atoms with E-state index in [0.29, 0.717) is 11.8 Å². The third-order valence-corrected chi connectivity index (χ3v) is 7.57. The summed E-state index contributed by atoms with van der Waals surface area (Å²) in [6, 6.07) is 23.5. The summed E-state index contributed by atoms with van der Waals surface area (Å²) in [4.78, 5) is 10.4. The SMILES string of the molecule is CC(C)c1cccc(C(C)C)c1-n1c(-c2cccc3c2oc2ccccc23)nc2cc(C(C)(C)C)cnc21. The van der Waals surface area contributed by atoms with Crippen LogP contribution in [0.4, 0.5) is 0 Å². The predicted octanol–water partition coefficient (Wildman–Crippen LogP) is 9.53. The number of para-hydroxylation sites is 3. The number of hydrogen-bond acceptors (Lipinski definition) is 3. The molecule has 3 heterocycles. The van der Waals surface area contributed by atoms with Crippen LogP contribution >= 0.6 is 0 Å². The van der Waals surface area contributed by atoms with Crippen molar-refractivity contribution in [2.45, 2.75) is 65.7 Å². The van der Waals surface area contributed by atoms with Gasteiger partial charge in [-0.05, 0) is 52.1 Å². The van der Waals surface area contributed by atoms with Crippen molar-refractivity contribution in [3.8, 4) is 17.1 Å². The van der Waals surface area contributed by atoms with Gasteiger partial charge >= 0.3 is 0 Å². The maximum atomic E-state index is 6.48. The van der Waals surface area contributed by atoms with Crippen LogP contribution in [-0.2, 0) is 5.41 Å². The Bertz CT molecular complexity index is 1790. The number of hydrogen-bond donors (Lipinski definition) is 0. The van der Waals surface area contributed by atoms with Crippen molar-refractivity contribution in [2.75, 3.05) is 0 Å². The molecule has 0 bridgehead atoms. The topological polar surface area (TPSA) is 43.9 Å². The molecule has 6 rings (SSSR count). The van der Waals surface area contributed by atoms with Crippen molar-refractivity contribution < 1.29 is 4.42 Å². The van der Waals surface area contributed by atoms with Crippen molar-refractivity contribution in [3.05, 3.63) is 89.6 Å². The molecule has 0 fully saturated rings. The first kappa shape index (κ1) is 24.4. The smallest absolute Gasteiger partial charge is 0.164 e. The van der Waals surface area contributed by atoms with E-state index in [9.17, 15) is 0 Å². The molecule has 0 spiro atoms. The Labute approximate surface area is 224 Å². The second kappa shape index (κ2) is 8.83. The average Bonchev–Trinajstić information content (AvgIpc) is 3.45. The number of benzene rings is 3. The molecule has 0 saturated heterocycles. The lowest BCUT2D eigenvalue weighted by Crippen LogP contribution is -2.12. The summed E-state index contributed by atoms with van der Waals surface area (Å²) in [5, 5.41) is 2.21. The van der Waals surface area contributed by atoms with Crippen LogP contribution in [0.15, 0.2) is 77.3 Å². The molecule has 192 valence electrons. The molecular weight excluding hydrogens is 466 g/mol. The Morgan fingerprint density at radius 2 is 1.45 bits per heavy atom. The van der Waals surface area contributed by atoms with Crippen molar-refractivity contribution >= 4 is 33.1 Å². The fraction of sp³-hybridized carbons (Fsp3) is 0.294. The Hall–Kier alpha value is -3.92. The minimum Gasteiger partial charge on any atom is -0.455 e. The van der Waals surface area contributed by atoms with Crippen LogP contribution in [-0.4, -0.2) is 14.5 Å². The van der Waals surface area contributed by atoms with E-state index >= 15 is 0 Å². The van der Waals surface area contributed by atoms with Crippen LogP contribution < -0.4 is 0 Å². The highest BCUT2D eigenvalue weighted by molar-refractivity contribution is 6.09. The van der Waals surface area contributed by atoms with Crippen molar-refractivity contribution in [1.29, 1.82) is 0 Å². The molecule has 0 amide bonds. The maximum Gasteiger partial charge on any atom is 0.164 e. The van der Waals surface area contributed by atoms with Gasteiger partial charge in [0.05, 0.1) is 11.3 Å². The minimum atomic E-state index is -0.0250. The first-order chi connectivity index (χ1) is 18.1. The Morgan fingerprint density at radius 3 is 2.13 bits per heavy atom. The van der Waals surface area contributed by atoms with Gasteiger partial charge in [0.2, 0.25) is 0 Å². The molecular formula is C34H35N3O. The maximum absolute atomic E-state index is 6.48. The van der Waals surface area contributed by atoms with Crippen molar-refractivity contribution in [3.63, 3.8) is 0 Å². The Balaban J connectivity index is 1.77. The van der Waals surface area contributed by atoms with Crippen molar-refractivity contribution in [2.24, 2.45) is 0 Å². The fourth-order valence-electron chi connectivity index (χ4n) is 5.46. The van der Waals surface area contributed by atoms with Gasteiger partial charge in [-0.1, -0.05) is 97.0 Å². The number of aromatic nitrogens is 3. The lowest BCUT2D eigenvalue weighted by molar-refractivity contribution is 0.588. The second-order valence-electron chi connectivity index (χ2n) is 12.0. The molecule has 3 aromatic heterocycles. The van der Waals surface area contributed by atoms with Gasteiger partial charge < -0.3 is 4.42 Å². The summed E-state index contributed by atoms with van der Waals surface area (Å²) >= 11 is 0. The van der Waals surface area contributed by atoms with Crippen LogP contribution in [0.25, 0.3) is 50.2 Å². The zero-order chi connectivity index (χ0) is 26.8. The van der Waals surface area contributed by atoms with E-state index in [0.717, 1.165) is 44.5 Å². The van der Waals surface area contributed by atoms with Crippen LogP contribution in [0.2, 0.25) is 0 Å². The molecule has 0 aliphatic rings. The monoisotopic (exact) mass is 501 g/mol. The zero-order valence-corrected chi connectivity index (χ0v) is 23.3. The van der Waals surface area contributed by atoms with Crippen LogP contribution in [0, 0.1) is 0 Å². The Kier molecular flexibility index (Phi) is 5.68. The highest BCUT2D eigenvalue weighted by Gasteiger charge is 2.26. The highest BCUT2D eigenvalue weighted by atomic mass is 16.3. The summed E-state index contributed by atoms with van der Waals surface area (Å²) in [6.45, 7) is 15.7. The van der Waals surface area contributed by atoms with E-state index in [-0.39, 0.29) is 5.41 Å². The van der Waals surface area contributed by atoms with E-state index in [1.807, 2.05) is 18.3 Å². The molecule has 0 atom stereocenters. The Morgan fingerprint density at radius 1 is 0.789 bits per heavy atom. The summed E-state index contributed by atoms with van der Waals surface area (Å²) in [6.07, 6.45) is 2.01. The number of fused-ring (bicyclic) bond motifs is 4.